The molecule has 0 aliphatic heterocycles. The summed E-state index contributed by atoms with van der Waals surface area (Å²) in [6.07, 6.45) is 2.38. The molecule has 1 unspecified atom stereocenters. The molecule has 0 amide bonds. The average Bonchev–Trinajstić information content (AvgIpc) is 2.32. The lowest BCUT2D eigenvalue weighted by Gasteiger charge is -2.32. The predicted octanol–water partition coefficient (Wildman–Crippen LogP) is 3.65. The molecule has 1 aromatic rings. The van der Waals surface area contributed by atoms with E-state index in [1.807, 2.05) is 0 Å². The molecule has 2 N–H and O–H groups in total. The van der Waals surface area contributed by atoms with Crippen molar-refractivity contribution < 1.29 is 0 Å². The quantitative estimate of drug-likeness (QED) is 0.832. The summed E-state index contributed by atoms with van der Waals surface area (Å²) in [6, 6.07) is 8.52. The van der Waals surface area contributed by atoms with Gasteiger partial charge in [0.2, 0.25) is 0 Å². The van der Waals surface area contributed by atoms with Gasteiger partial charge in [0.15, 0.2) is 0 Å². The maximum Gasteiger partial charge on any atom is 0.0230 e. The zero-order valence-electron chi connectivity index (χ0n) is 11.7. The van der Waals surface area contributed by atoms with Crippen molar-refractivity contribution in [3.8, 4) is 0 Å². The zero-order valence-corrected chi connectivity index (χ0v) is 13.3. The molecule has 0 radical (unpaired) electrons. The van der Waals surface area contributed by atoms with Crippen LogP contribution in [0, 0.1) is 5.41 Å². The summed E-state index contributed by atoms with van der Waals surface area (Å²) in [5.41, 5.74) is 7.50. The van der Waals surface area contributed by atoms with Gasteiger partial charge in [0.1, 0.15) is 0 Å². The minimum absolute atomic E-state index is 0.235. The molecular weight excluding hydrogens is 288 g/mol. The summed E-state index contributed by atoms with van der Waals surface area (Å²) in [7, 11) is 2.17. The van der Waals surface area contributed by atoms with E-state index >= 15 is 0 Å². The van der Waals surface area contributed by atoms with Gasteiger partial charge in [-0.05, 0) is 43.1 Å². The topological polar surface area (TPSA) is 29.3 Å². The lowest BCUT2D eigenvalue weighted by Crippen LogP contribution is -2.38. The van der Waals surface area contributed by atoms with E-state index in [0.717, 1.165) is 24.1 Å². The summed E-state index contributed by atoms with van der Waals surface area (Å²) >= 11 is 3.46. The average molecular weight is 313 g/mol. The van der Waals surface area contributed by atoms with Gasteiger partial charge in [-0.15, -0.1) is 0 Å². The van der Waals surface area contributed by atoms with Crippen LogP contribution in [0.4, 0.5) is 0 Å². The first-order chi connectivity index (χ1) is 8.49. The Labute approximate surface area is 120 Å². The Morgan fingerprint density at radius 1 is 1.28 bits per heavy atom. The first kappa shape index (κ1) is 15.7. The van der Waals surface area contributed by atoms with Gasteiger partial charge in [0.25, 0.3) is 0 Å². The van der Waals surface area contributed by atoms with E-state index in [-0.39, 0.29) is 5.41 Å². The van der Waals surface area contributed by atoms with Crippen LogP contribution in [0.15, 0.2) is 28.7 Å². The second-order valence-corrected chi connectivity index (χ2v) is 6.48. The Morgan fingerprint density at radius 3 is 2.39 bits per heavy atom. The summed E-state index contributed by atoms with van der Waals surface area (Å²) in [6.45, 7) is 7.29. The van der Waals surface area contributed by atoms with Gasteiger partial charge >= 0.3 is 0 Å². The molecule has 102 valence electrons. The minimum atomic E-state index is 0.235. The second-order valence-electron chi connectivity index (χ2n) is 5.56. The number of hydrogen-bond acceptors (Lipinski definition) is 2. The monoisotopic (exact) mass is 312 g/mol. The van der Waals surface area contributed by atoms with Crippen molar-refractivity contribution >= 4 is 15.9 Å². The second kappa shape index (κ2) is 7.27. The van der Waals surface area contributed by atoms with Crippen LogP contribution in [-0.2, 0) is 6.54 Å². The number of benzene rings is 1. The van der Waals surface area contributed by atoms with Crippen LogP contribution < -0.4 is 5.73 Å². The fourth-order valence-electron chi connectivity index (χ4n) is 2.46. The molecular formula is C15H25BrN2. The molecule has 18 heavy (non-hydrogen) atoms. The minimum Gasteiger partial charge on any atom is -0.330 e. The van der Waals surface area contributed by atoms with Gasteiger partial charge in [-0.25, -0.2) is 0 Å². The van der Waals surface area contributed by atoms with E-state index in [2.05, 4.69) is 66.0 Å². The molecule has 0 aliphatic carbocycles. The maximum absolute atomic E-state index is 5.92. The predicted molar refractivity (Wildman–Crippen MR) is 82.5 cm³/mol. The van der Waals surface area contributed by atoms with Gasteiger partial charge in [0, 0.05) is 17.6 Å². The SMILES string of the molecule is CCCC(C)(CN)CN(C)Cc1ccc(Br)cc1. The van der Waals surface area contributed by atoms with E-state index in [0.29, 0.717) is 0 Å². The fraction of sp³-hybridized carbons (Fsp3) is 0.600. The molecule has 0 heterocycles. The standard InChI is InChI=1S/C15H25BrN2/c1-4-9-15(2,11-17)12-18(3)10-13-5-7-14(16)8-6-13/h5-8H,4,9-12,17H2,1-3H3. The first-order valence-electron chi connectivity index (χ1n) is 6.62. The van der Waals surface area contributed by atoms with Gasteiger partial charge in [-0.3, -0.25) is 0 Å². The highest BCUT2D eigenvalue weighted by Crippen LogP contribution is 2.23. The molecule has 1 atom stereocenters. The van der Waals surface area contributed by atoms with Gasteiger partial charge < -0.3 is 10.6 Å². The third-order valence-electron chi connectivity index (χ3n) is 3.36. The summed E-state index contributed by atoms with van der Waals surface area (Å²) in [5.74, 6) is 0. The highest BCUT2D eigenvalue weighted by Gasteiger charge is 2.23. The molecule has 3 heteroatoms. The van der Waals surface area contributed by atoms with Crippen molar-refractivity contribution in [3.05, 3.63) is 34.3 Å². The lowest BCUT2D eigenvalue weighted by molar-refractivity contribution is 0.179. The molecule has 0 bridgehead atoms. The molecule has 1 rings (SSSR count). The van der Waals surface area contributed by atoms with Crippen molar-refractivity contribution in [1.82, 2.24) is 4.90 Å². The lowest BCUT2D eigenvalue weighted by atomic mass is 9.85. The van der Waals surface area contributed by atoms with Crippen molar-refractivity contribution in [2.24, 2.45) is 11.1 Å². The van der Waals surface area contributed by atoms with Crippen molar-refractivity contribution in [2.75, 3.05) is 20.1 Å². The van der Waals surface area contributed by atoms with E-state index in [1.54, 1.807) is 0 Å². The van der Waals surface area contributed by atoms with Crippen LogP contribution in [0.5, 0.6) is 0 Å². The number of rotatable bonds is 7. The molecule has 2 nitrogen and oxygen atoms in total. The fourth-order valence-corrected chi connectivity index (χ4v) is 2.72. The summed E-state index contributed by atoms with van der Waals surface area (Å²) < 4.78 is 1.13. The van der Waals surface area contributed by atoms with Crippen LogP contribution in [0.2, 0.25) is 0 Å². The number of nitrogens with zero attached hydrogens (tertiary/aromatic N) is 1. The van der Waals surface area contributed by atoms with Crippen molar-refractivity contribution in [1.29, 1.82) is 0 Å². The first-order valence-corrected chi connectivity index (χ1v) is 7.41. The zero-order chi connectivity index (χ0) is 13.6. The third kappa shape index (κ3) is 5.09. The van der Waals surface area contributed by atoms with Crippen molar-refractivity contribution in [2.45, 2.75) is 33.2 Å². The summed E-state index contributed by atoms with van der Waals surface area (Å²) in [4.78, 5) is 2.37. The molecule has 1 aromatic carbocycles. The largest absolute Gasteiger partial charge is 0.330 e. The van der Waals surface area contributed by atoms with E-state index in [1.165, 1.54) is 18.4 Å². The molecule has 0 aromatic heterocycles. The number of halogens is 1. The Bertz CT molecular complexity index is 350. The highest BCUT2D eigenvalue weighted by molar-refractivity contribution is 9.10. The normalized spacial score (nSPS) is 14.8. The number of hydrogen-bond donors (Lipinski definition) is 1. The summed E-state index contributed by atoms with van der Waals surface area (Å²) in [5, 5.41) is 0. The smallest absolute Gasteiger partial charge is 0.0230 e. The Morgan fingerprint density at radius 2 is 1.89 bits per heavy atom. The van der Waals surface area contributed by atoms with Gasteiger partial charge in [-0.1, -0.05) is 48.3 Å². The molecule has 0 fully saturated rings. The number of nitrogens with two attached hydrogens (primary N) is 1. The highest BCUT2D eigenvalue weighted by atomic mass is 79.9. The van der Waals surface area contributed by atoms with E-state index < -0.39 is 0 Å². The Hall–Kier alpha value is -0.380. The van der Waals surface area contributed by atoms with Gasteiger partial charge in [0.05, 0.1) is 0 Å². The Balaban J connectivity index is 2.54. The van der Waals surface area contributed by atoms with Crippen LogP contribution in [0.25, 0.3) is 0 Å². The van der Waals surface area contributed by atoms with Gasteiger partial charge in [-0.2, -0.15) is 0 Å². The van der Waals surface area contributed by atoms with Crippen LogP contribution in [0.3, 0.4) is 0 Å². The molecule has 0 saturated heterocycles. The van der Waals surface area contributed by atoms with Crippen molar-refractivity contribution in [3.63, 3.8) is 0 Å². The molecule has 0 aliphatic rings. The van der Waals surface area contributed by atoms with Crippen LogP contribution in [0.1, 0.15) is 32.3 Å². The van der Waals surface area contributed by atoms with E-state index in [4.69, 9.17) is 5.73 Å². The van der Waals surface area contributed by atoms with E-state index in [9.17, 15) is 0 Å². The third-order valence-corrected chi connectivity index (χ3v) is 3.89. The van der Waals surface area contributed by atoms with Crippen LogP contribution in [-0.4, -0.2) is 25.0 Å². The van der Waals surface area contributed by atoms with Crippen LogP contribution >= 0.6 is 15.9 Å². The maximum atomic E-state index is 5.92. The Kier molecular flexibility index (Phi) is 6.33. The molecule has 0 spiro atoms. The molecule has 0 saturated carbocycles.